The number of aromatic nitrogens is 1. The highest BCUT2D eigenvalue weighted by Gasteiger charge is 2.21. The molecule has 0 aliphatic carbocycles. The van der Waals surface area contributed by atoms with Gasteiger partial charge in [-0.25, -0.2) is 4.98 Å². The van der Waals surface area contributed by atoms with E-state index in [9.17, 15) is 4.79 Å². The maximum atomic E-state index is 12.9. The van der Waals surface area contributed by atoms with E-state index in [2.05, 4.69) is 15.2 Å². The SMILES string of the molecule is CC(C)Oc1ccc(C(C)NC(=O)c2cccnc2N2CCOCC2)cc1. The number of ether oxygens (including phenoxy) is 2. The third kappa shape index (κ3) is 4.98. The fourth-order valence-corrected chi connectivity index (χ4v) is 3.07. The lowest BCUT2D eigenvalue weighted by Crippen LogP contribution is -2.38. The molecular weight excluding hydrogens is 342 g/mol. The van der Waals surface area contributed by atoms with E-state index in [-0.39, 0.29) is 18.1 Å². The molecule has 1 unspecified atom stereocenters. The number of benzene rings is 1. The molecular formula is C21H27N3O3. The Morgan fingerprint density at radius 2 is 1.85 bits per heavy atom. The number of amides is 1. The van der Waals surface area contributed by atoms with Crippen LogP contribution in [0.1, 0.15) is 42.7 Å². The van der Waals surface area contributed by atoms with Crippen LogP contribution in [0.4, 0.5) is 5.82 Å². The van der Waals surface area contributed by atoms with E-state index >= 15 is 0 Å². The molecule has 144 valence electrons. The molecule has 1 aliphatic rings. The third-order valence-corrected chi connectivity index (χ3v) is 4.44. The molecule has 27 heavy (non-hydrogen) atoms. The Kier molecular flexibility index (Phi) is 6.29. The number of pyridine rings is 1. The van der Waals surface area contributed by atoms with Crippen molar-refractivity contribution >= 4 is 11.7 Å². The normalized spacial score (nSPS) is 15.5. The van der Waals surface area contributed by atoms with Crippen LogP contribution in [-0.2, 0) is 4.74 Å². The lowest BCUT2D eigenvalue weighted by Gasteiger charge is -2.29. The molecule has 2 heterocycles. The summed E-state index contributed by atoms with van der Waals surface area (Å²) in [7, 11) is 0. The van der Waals surface area contributed by atoms with Crippen LogP contribution in [0.3, 0.4) is 0 Å². The number of morpholine rings is 1. The number of nitrogens with one attached hydrogen (secondary N) is 1. The summed E-state index contributed by atoms with van der Waals surface area (Å²) in [5.74, 6) is 1.42. The first-order valence-corrected chi connectivity index (χ1v) is 9.40. The van der Waals surface area contributed by atoms with Crippen LogP contribution in [0, 0.1) is 0 Å². The zero-order valence-corrected chi connectivity index (χ0v) is 16.1. The highest BCUT2D eigenvalue weighted by molar-refractivity contribution is 5.99. The second-order valence-corrected chi connectivity index (χ2v) is 6.90. The Morgan fingerprint density at radius 1 is 1.15 bits per heavy atom. The first-order valence-electron chi connectivity index (χ1n) is 9.40. The van der Waals surface area contributed by atoms with E-state index in [1.807, 2.05) is 51.1 Å². The zero-order valence-electron chi connectivity index (χ0n) is 16.1. The number of rotatable bonds is 6. The highest BCUT2D eigenvalue weighted by atomic mass is 16.5. The molecule has 1 fully saturated rings. The van der Waals surface area contributed by atoms with E-state index in [1.165, 1.54) is 0 Å². The fourth-order valence-electron chi connectivity index (χ4n) is 3.07. The number of carbonyl (C=O) groups excluding carboxylic acids is 1. The molecule has 1 amide bonds. The Morgan fingerprint density at radius 3 is 2.52 bits per heavy atom. The Hall–Kier alpha value is -2.60. The third-order valence-electron chi connectivity index (χ3n) is 4.44. The molecule has 6 nitrogen and oxygen atoms in total. The van der Waals surface area contributed by atoms with Crippen LogP contribution in [0.2, 0.25) is 0 Å². The predicted molar refractivity (Wildman–Crippen MR) is 105 cm³/mol. The van der Waals surface area contributed by atoms with E-state index < -0.39 is 0 Å². The summed E-state index contributed by atoms with van der Waals surface area (Å²) in [6, 6.07) is 11.3. The van der Waals surface area contributed by atoms with Crippen molar-refractivity contribution < 1.29 is 14.3 Å². The Labute approximate surface area is 160 Å². The minimum atomic E-state index is -0.125. The minimum absolute atomic E-state index is 0.122. The molecule has 6 heteroatoms. The highest BCUT2D eigenvalue weighted by Crippen LogP contribution is 2.22. The number of anilines is 1. The summed E-state index contributed by atoms with van der Waals surface area (Å²) >= 11 is 0. The van der Waals surface area contributed by atoms with Gasteiger partial charge in [-0.05, 0) is 50.6 Å². The quantitative estimate of drug-likeness (QED) is 0.847. The molecule has 0 bridgehead atoms. The van der Waals surface area contributed by atoms with Crippen molar-refractivity contribution in [2.24, 2.45) is 0 Å². The lowest BCUT2D eigenvalue weighted by atomic mass is 10.1. The summed E-state index contributed by atoms with van der Waals surface area (Å²) in [6.07, 6.45) is 1.86. The molecule has 0 radical (unpaired) electrons. The molecule has 0 spiro atoms. The largest absolute Gasteiger partial charge is 0.491 e. The summed E-state index contributed by atoms with van der Waals surface area (Å²) in [6.45, 7) is 8.75. The first-order chi connectivity index (χ1) is 13.0. The number of hydrogen-bond acceptors (Lipinski definition) is 5. The number of nitrogens with zero attached hydrogens (tertiary/aromatic N) is 2. The maximum Gasteiger partial charge on any atom is 0.255 e. The van der Waals surface area contributed by atoms with Gasteiger partial charge >= 0.3 is 0 Å². The van der Waals surface area contributed by atoms with Crippen molar-refractivity contribution in [1.29, 1.82) is 0 Å². The van der Waals surface area contributed by atoms with Gasteiger partial charge in [0.1, 0.15) is 11.6 Å². The Balaban J connectivity index is 1.69. The van der Waals surface area contributed by atoms with Crippen LogP contribution >= 0.6 is 0 Å². The van der Waals surface area contributed by atoms with Crippen molar-refractivity contribution in [3.8, 4) is 5.75 Å². The van der Waals surface area contributed by atoms with Gasteiger partial charge < -0.3 is 19.7 Å². The van der Waals surface area contributed by atoms with E-state index in [1.54, 1.807) is 12.3 Å². The van der Waals surface area contributed by atoms with Crippen LogP contribution < -0.4 is 15.0 Å². The van der Waals surface area contributed by atoms with Gasteiger partial charge in [0.05, 0.1) is 30.9 Å². The smallest absolute Gasteiger partial charge is 0.255 e. The van der Waals surface area contributed by atoms with Crippen LogP contribution in [0.5, 0.6) is 5.75 Å². The first kappa shape index (κ1) is 19.2. The molecule has 1 saturated heterocycles. The van der Waals surface area contributed by atoms with Gasteiger partial charge in [0.15, 0.2) is 0 Å². The monoisotopic (exact) mass is 369 g/mol. The van der Waals surface area contributed by atoms with Crippen molar-refractivity contribution in [2.75, 3.05) is 31.2 Å². The molecule has 3 rings (SSSR count). The van der Waals surface area contributed by atoms with Crippen molar-refractivity contribution in [3.63, 3.8) is 0 Å². The topological polar surface area (TPSA) is 63.7 Å². The van der Waals surface area contributed by atoms with Crippen LogP contribution in [-0.4, -0.2) is 43.3 Å². The van der Waals surface area contributed by atoms with Gasteiger partial charge in [-0.1, -0.05) is 12.1 Å². The van der Waals surface area contributed by atoms with Crippen LogP contribution in [0.25, 0.3) is 0 Å². The molecule has 1 aromatic carbocycles. The van der Waals surface area contributed by atoms with E-state index in [0.29, 0.717) is 24.6 Å². The van der Waals surface area contributed by atoms with E-state index in [4.69, 9.17) is 9.47 Å². The average molecular weight is 369 g/mol. The second kappa shape index (κ2) is 8.86. The van der Waals surface area contributed by atoms with Gasteiger partial charge in [-0.15, -0.1) is 0 Å². The van der Waals surface area contributed by atoms with Crippen molar-refractivity contribution in [1.82, 2.24) is 10.3 Å². The van der Waals surface area contributed by atoms with Gasteiger partial charge in [0.25, 0.3) is 5.91 Å². The number of hydrogen-bond donors (Lipinski definition) is 1. The summed E-state index contributed by atoms with van der Waals surface area (Å²) in [5.41, 5.74) is 1.61. The second-order valence-electron chi connectivity index (χ2n) is 6.90. The average Bonchev–Trinajstić information content (AvgIpc) is 2.68. The molecule has 2 aromatic rings. The van der Waals surface area contributed by atoms with E-state index in [0.717, 1.165) is 24.4 Å². The maximum absolute atomic E-state index is 12.9. The van der Waals surface area contributed by atoms with Gasteiger partial charge in [0, 0.05) is 19.3 Å². The van der Waals surface area contributed by atoms with Crippen molar-refractivity contribution in [3.05, 3.63) is 53.7 Å². The van der Waals surface area contributed by atoms with Gasteiger partial charge in [-0.3, -0.25) is 4.79 Å². The molecule has 1 aromatic heterocycles. The molecule has 1 aliphatic heterocycles. The summed E-state index contributed by atoms with van der Waals surface area (Å²) < 4.78 is 11.1. The van der Waals surface area contributed by atoms with Crippen LogP contribution in [0.15, 0.2) is 42.6 Å². The van der Waals surface area contributed by atoms with Gasteiger partial charge in [0.2, 0.25) is 0 Å². The summed E-state index contributed by atoms with van der Waals surface area (Å²) in [4.78, 5) is 19.4. The summed E-state index contributed by atoms with van der Waals surface area (Å²) in [5, 5.41) is 3.07. The zero-order chi connectivity index (χ0) is 19.2. The van der Waals surface area contributed by atoms with Gasteiger partial charge in [-0.2, -0.15) is 0 Å². The molecule has 1 atom stereocenters. The molecule has 0 saturated carbocycles. The molecule has 1 N–H and O–H groups in total. The predicted octanol–water partition coefficient (Wildman–Crippen LogP) is 3.20. The fraction of sp³-hybridized carbons (Fsp3) is 0.429. The standard InChI is InChI=1S/C21H27N3O3/c1-15(2)27-18-8-6-17(7-9-18)16(3)23-21(25)19-5-4-10-22-20(19)24-11-13-26-14-12-24/h4-10,15-16H,11-14H2,1-3H3,(H,23,25). The number of carbonyl (C=O) groups is 1. The lowest BCUT2D eigenvalue weighted by molar-refractivity contribution is 0.0938. The Bertz CT molecular complexity index is 756. The minimum Gasteiger partial charge on any atom is -0.491 e. The van der Waals surface area contributed by atoms with Crippen molar-refractivity contribution in [2.45, 2.75) is 32.9 Å².